The minimum Gasteiger partial charge on any atom is -0.466 e. The second kappa shape index (κ2) is 9.31. The van der Waals surface area contributed by atoms with Crippen LogP contribution in [0.2, 0.25) is 0 Å². The maximum atomic E-state index is 12.1. The first-order valence-corrected chi connectivity index (χ1v) is 8.55. The average Bonchev–Trinajstić information content (AvgIpc) is 2.47. The molecule has 0 aromatic carbocycles. The van der Waals surface area contributed by atoms with Gasteiger partial charge in [0.05, 0.1) is 32.3 Å². The first kappa shape index (κ1) is 18.3. The van der Waals surface area contributed by atoms with Gasteiger partial charge >= 0.3 is 5.97 Å². The van der Waals surface area contributed by atoms with Gasteiger partial charge in [-0.15, -0.1) is 0 Å². The molecule has 9 heteroatoms. The van der Waals surface area contributed by atoms with Crippen molar-refractivity contribution < 1.29 is 27.8 Å². The van der Waals surface area contributed by atoms with Crippen molar-refractivity contribution in [2.75, 3.05) is 46.1 Å². The number of hydrogen-bond acceptors (Lipinski definition) is 6. The summed E-state index contributed by atoms with van der Waals surface area (Å²) in [6.07, 6.45) is 1.27. The Balaban J connectivity index is 2.44. The lowest BCUT2D eigenvalue weighted by Crippen LogP contribution is -2.48. The molecule has 1 heterocycles. The molecule has 0 bridgehead atoms. The van der Waals surface area contributed by atoms with Gasteiger partial charge < -0.3 is 14.6 Å². The zero-order valence-electron chi connectivity index (χ0n) is 12.3. The van der Waals surface area contributed by atoms with Crippen molar-refractivity contribution >= 4 is 16.2 Å². The van der Waals surface area contributed by atoms with Crippen LogP contribution in [0.4, 0.5) is 0 Å². The van der Waals surface area contributed by atoms with Gasteiger partial charge in [-0.25, -0.2) is 0 Å². The number of esters is 1. The topological polar surface area (TPSA) is 105 Å². The van der Waals surface area contributed by atoms with Crippen LogP contribution in [0.25, 0.3) is 0 Å². The average molecular weight is 324 g/mol. The monoisotopic (exact) mass is 324 g/mol. The summed E-state index contributed by atoms with van der Waals surface area (Å²) in [6.45, 7) is 2.95. The van der Waals surface area contributed by atoms with Gasteiger partial charge in [0.25, 0.3) is 10.2 Å². The molecule has 0 spiro atoms. The maximum Gasteiger partial charge on any atom is 0.310 e. The number of nitrogens with zero attached hydrogens (tertiary/aromatic N) is 1. The molecule has 1 aliphatic rings. The number of hydrogen-bond donors (Lipinski definition) is 2. The molecule has 8 nitrogen and oxygen atoms in total. The van der Waals surface area contributed by atoms with E-state index in [-0.39, 0.29) is 38.9 Å². The van der Waals surface area contributed by atoms with E-state index >= 15 is 0 Å². The highest BCUT2D eigenvalue weighted by Gasteiger charge is 2.32. The molecular formula is C12H24N2O6S. The third kappa shape index (κ3) is 6.27. The van der Waals surface area contributed by atoms with Crippen molar-refractivity contribution in [3.63, 3.8) is 0 Å². The quantitative estimate of drug-likeness (QED) is 0.421. The van der Waals surface area contributed by atoms with E-state index in [4.69, 9.17) is 14.6 Å². The van der Waals surface area contributed by atoms with Crippen LogP contribution in [0, 0.1) is 5.92 Å². The lowest BCUT2D eigenvalue weighted by atomic mass is 10.0. The Morgan fingerprint density at radius 1 is 1.43 bits per heavy atom. The van der Waals surface area contributed by atoms with E-state index < -0.39 is 16.1 Å². The van der Waals surface area contributed by atoms with Gasteiger partial charge in [0.1, 0.15) is 0 Å². The largest absolute Gasteiger partial charge is 0.466 e. The number of piperidine rings is 1. The molecule has 124 valence electrons. The summed E-state index contributed by atoms with van der Waals surface area (Å²) in [5.74, 6) is -0.746. The number of carbonyl (C=O) groups excluding carboxylic acids is 1. The van der Waals surface area contributed by atoms with Crippen molar-refractivity contribution in [1.82, 2.24) is 9.03 Å². The van der Waals surface area contributed by atoms with Crippen LogP contribution in [0.15, 0.2) is 0 Å². The Hall–Kier alpha value is -0.740. The molecule has 1 rings (SSSR count). The molecule has 1 saturated heterocycles. The van der Waals surface area contributed by atoms with Crippen LogP contribution >= 0.6 is 0 Å². The second-order valence-electron chi connectivity index (χ2n) is 4.68. The normalized spacial score (nSPS) is 20.4. The Morgan fingerprint density at radius 2 is 2.19 bits per heavy atom. The molecule has 21 heavy (non-hydrogen) atoms. The minimum atomic E-state index is -3.62. The Bertz CT molecular complexity index is 414. The lowest BCUT2D eigenvalue weighted by Gasteiger charge is -2.30. The highest BCUT2D eigenvalue weighted by molar-refractivity contribution is 7.87. The van der Waals surface area contributed by atoms with Gasteiger partial charge in [0.2, 0.25) is 0 Å². The molecule has 0 aliphatic carbocycles. The zero-order valence-corrected chi connectivity index (χ0v) is 13.1. The van der Waals surface area contributed by atoms with Crippen molar-refractivity contribution in [1.29, 1.82) is 0 Å². The van der Waals surface area contributed by atoms with Gasteiger partial charge in [-0.05, 0) is 19.8 Å². The number of aliphatic hydroxyl groups excluding tert-OH is 1. The third-order valence-corrected chi connectivity index (χ3v) is 4.69. The fourth-order valence-electron chi connectivity index (χ4n) is 2.11. The summed E-state index contributed by atoms with van der Waals surface area (Å²) in [5, 5.41) is 8.54. The maximum absolute atomic E-state index is 12.1. The smallest absolute Gasteiger partial charge is 0.310 e. The van der Waals surface area contributed by atoms with E-state index in [1.54, 1.807) is 6.92 Å². The molecular weight excluding hydrogens is 300 g/mol. The Labute approximate surface area is 125 Å². The first-order valence-electron chi connectivity index (χ1n) is 7.11. The number of nitrogens with one attached hydrogen (secondary N) is 1. The molecule has 2 N–H and O–H groups in total. The summed E-state index contributed by atoms with van der Waals surface area (Å²) >= 11 is 0. The number of rotatable bonds is 9. The third-order valence-electron chi connectivity index (χ3n) is 3.11. The Morgan fingerprint density at radius 3 is 2.86 bits per heavy atom. The van der Waals surface area contributed by atoms with Crippen LogP contribution in [0.3, 0.4) is 0 Å². The molecule has 0 saturated carbocycles. The predicted octanol–water partition coefficient (Wildman–Crippen LogP) is -0.895. The van der Waals surface area contributed by atoms with E-state index in [0.717, 1.165) is 0 Å². The summed E-state index contributed by atoms with van der Waals surface area (Å²) < 4.78 is 37.8. The van der Waals surface area contributed by atoms with Gasteiger partial charge in [0, 0.05) is 19.6 Å². The van der Waals surface area contributed by atoms with Crippen LogP contribution in [0.5, 0.6) is 0 Å². The SMILES string of the molecule is CCOC(=O)C1CCCN(S(=O)(=O)NCCOCCO)C1. The summed E-state index contributed by atoms with van der Waals surface area (Å²) in [6, 6.07) is 0. The summed E-state index contributed by atoms with van der Waals surface area (Å²) in [5.41, 5.74) is 0. The standard InChI is InChI=1S/C12H24N2O6S/c1-2-20-12(16)11-4-3-6-14(10-11)21(17,18)13-5-8-19-9-7-15/h11,13,15H,2-10H2,1H3. The van der Waals surface area contributed by atoms with Crippen molar-refractivity contribution in [2.45, 2.75) is 19.8 Å². The molecule has 0 amide bonds. The molecule has 0 radical (unpaired) electrons. The minimum absolute atomic E-state index is 0.0971. The van der Waals surface area contributed by atoms with E-state index in [1.165, 1.54) is 4.31 Å². The molecule has 1 atom stereocenters. The fourth-order valence-corrected chi connectivity index (χ4v) is 3.38. The van der Waals surface area contributed by atoms with Gasteiger partial charge in [-0.3, -0.25) is 4.79 Å². The highest BCUT2D eigenvalue weighted by Crippen LogP contribution is 2.19. The number of aliphatic hydroxyl groups is 1. The van der Waals surface area contributed by atoms with E-state index in [1.807, 2.05) is 0 Å². The predicted molar refractivity (Wildman–Crippen MR) is 75.8 cm³/mol. The molecule has 1 fully saturated rings. The summed E-state index contributed by atoms with van der Waals surface area (Å²) in [7, 11) is -3.62. The van der Waals surface area contributed by atoms with Crippen LogP contribution in [-0.4, -0.2) is 69.9 Å². The Kier molecular flexibility index (Phi) is 8.12. The first-order chi connectivity index (χ1) is 10.0. The van der Waals surface area contributed by atoms with Crippen LogP contribution in [0.1, 0.15) is 19.8 Å². The van der Waals surface area contributed by atoms with E-state index in [2.05, 4.69) is 4.72 Å². The van der Waals surface area contributed by atoms with E-state index in [0.29, 0.717) is 26.0 Å². The van der Waals surface area contributed by atoms with E-state index in [9.17, 15) is 13.2 Å². The van der Waals surface area contributed by atoms with Crippen LogP contribution in [-0.2, 0) is 24.5 Å². The molecule has 0 aromatic rings. The van der Waals surface area contributed by atoms with Gasteiger partial charge in [-0.2, -0.15) is 17.4 Å². The number of ether oxygens (including phenoxy) is 2. The van der Waals surface area contributed by atoms with Crippen LogP contribution < -0.4 is 4.72 Å². The second-order valence-corrected chi connectivity index (χ2v) is 6.44. The molecule has 1 aliphatic heterocycles. The van der Waals surface area contributed by atoms with Gasteiger partial charge in [0.15, 0.2) is 0 Å². The van der Waals surface area contributed by atoms with Crippen molar-refractivity contribution in [3.8, 4) is 0 Å². The van der Waals surface area contributed by atoms with Gasteiger partial charge in [-0.1, -0.05) is 0 Å². The van der Waals surface area contributed by atoms with Crippen molar-refractivity contribution in [3.05, 3.63) is 0 Å². The highest BCUT2D eigenvalue weighted by atomic mass is 32.2. The zero-order chi connectivity index (χ0) is 15.7. The fraction of sp³-hybridized carbons (Fsp3) is 0.917. The lowest BCUT2D eigenvalue weighted by molar-refractivity contribution is -0.149. The number of carbonyl (C=O) groups is 1. The molecule has 1 unspecified atom stereocenters. The van der Waals surface area contributed by atoms with Crippen molar-refractivity contribution in [2.24, 2.45) is 5.92 Å². The molecule has 0 aromatic heterocycles. The summed E-state index contributed by atoms with van der Waals surface area (Å²) in [4.78, 5) is 11.7.